The van der Waals surface area contributed by atoms with Crippen molar-refractivity contribution in [2.24, 2.45) is 10.4 Å². The fourth-order valence-corrected chi connectivity index (χ4v) is 4.85. The number of nitrogens with one attached hydrogen (secondary N) is 1. The zero-order chi connectivity index (χ0) is 12.4. The lowest BCUT2D eigenvalue weighted by molar-refractivity contribution is 0.358. The van der Waals surface area contributed by atoms with Crippen LogP contribution in [-0.2, 0) is 0 Å². The number of hydrogen-bond donors (Lipinski definition) is 1. The summed E-state index contributed by atoms with van der Waals surface area (Å²) in [5.41, 5.74) is 1.91. The molecule has 1 aromatic rings. The van der Waals surface area contributed by atoms with Crippen molar-refractivity contribution < 1.29 is 0 Å². The van der Waals surface area contributed by atoms with Crippen molar-refractivity contribution in [1.82, 2.24) is 5.32 Å². The number of nitrogens with zero attached hydrogens (tertiary/aromatic N) is 1. The summed E-state index contributed by atoms with van der Waals surface area (Å²) in [5, 5.41) is 9.04. The van der Waals surface area contributed by atoms with Gasteiger partial charge >= 0.3 is 0 Å². The summed E-state index contributed by atoms with van der Waals surface area (Å²) in [6, 6.07) is 2.56. The van der Waals surface area contributed by atoms with E-state index < -0.39 is 0 Å². The van der Waals surface area contributed by atoms with Crippen LogP contribution in [0.3, 0.4) is 0 Å². The van der Waals surface area contributed by atoms with Gasteiger partial charge in [0.05, 0.1) is 6.04 Å². The summed E-state index contributed by atoms with van der Waals surface area (Å²) < 4.78 is 0. The molecule has 1 atom stereocenters. The highest BCUT2D eigenvalue weighted by Gasteiger charge is 2.36. The fourth-order valence-electron chi connectivity index (χ4n) is 2.86. The predicted octanol–water partition coefficient (Wildman–Crippen LogP) is 4.06. The van der Waals surface area contributed by atoms with Crippen LogP contribution in [0.5, 0.6) is 0 Å². The SMILES string of the molecule is CC(NC1=NCC2(CCCC2)CS1)c1ccsc1. The minimum atomic E-state index is 0.375. The van der Waals surface area contributed by atoms with Crippen LogP contribution < -0.4 is 5.32 Å². The first kappa shape index (κ1) is 12.5. The number of rotatable bonds is 2. The highest BCUT2D eigenvalue weighted by molar-refractivity contribution is 8.13. The van der Waals surface area contributed by atoms with Crippen LogP contribution >= 0.6 is 23.1 Å². The molecule has 18 heavy (non-hydrogen) atoms. The van der Waals surface area contributed by atoms with Crippen LogP contribution in [-0.4, -0.2) is 17.5 Å². The molecule has 4 heteroatoms. The van der Waals surface area contributed by atoms with E-state index in [2.05, 4.69) is 29.1 Å². The maximum absolute atomic E-state index is 4.79. The van der Waals surface area contributed by atoms with E-state index >= 15 is 0 Å². The van der Waals surface area contributed by atoms with Gasteiger partial charge in [-0.2, -0.15) is 11.3 Å². The smallest absolute Gasteiger partial charge is 0.157 e. The molecule has 0 aromatic carbocycles. The van der Waals surface area contributed by atoms with Crippen molar-refractivity contribution in [3.8, 4) is 0 Å². The third-order valence-corrected chi connectivity index (χ3v) is 6.10. The summed E-state index contributed by atoms with van der Waals surface area (Å²) in [6.45, 7) is 3.25. The molecule has 3 rings (SSSR count). The Hall–Kier alpha value is -0.480. The van der Waals surface area contributed by atoms with Crippen molar-refractivity contribution in [2.75, 3.05) is 12.3 Å². The monoisotopic (exact) mass is 280 g/mol. The molecule has 1 saturated carbocycles. The first-order chi connectivity index (χ1) is 8.77. The Morgan fingerprint density at radius 2 is 2.22 bits per heavy atom. The molecule has 2 nitrogen and oxygen atoms in total. The molecule has 1 spiro atoms. The van der Waals surface area contributed by atoms with Gasteiger partial charge in [-0.1, -0.05) is 24.6 Å². The Labute approximate surface area is 117 Å². The van der Waals surface area contributed by atoms with Gasteiger partial charge in [0.25, 0.3) is 0 Å². The predicted molar refractivity (Wildman–Crippen MR) is 81.5 cm³/mol. The molecule has 2 aliphatic rings. The van der Waals surface area contributed by atoms with Gasteiger partial charge in [0.2, 0.25) is 0 Å². The van der Waals surface area contributed by atoms with Gasteiger partial charge in [0.1, 0.15) is 0 Å². The summed E-state index contributed by atoms with van der Waals surface area (Å²) in [6.07, 6.45) is 5.59. The standard InChI is InChI=1S/C14H20N2S2/c1-11(12-4-7-17-8-12)16-13-15-9-14(10-18-13)5-2-3-6-14/h4,7-8,11H,2-3,5-6,9-10H2,1H3,(H,15,16). The van der Waals surface area contributed by atoms with Gasteiger partial charge in [-0.05, 0) is 47.6 Å². The lowest BCUT2D eigenvalue weighted by Gasteiger charge is -2.31. The van der Waals surface area contributed by atoms with E-state index in [1.165, 1.54) is 37.0 Å². The van der Waals surface area contributed by atoms with E-state index in [-0.39, 0.29) is 0 Å². The molecule has 98 valence electrons. The highest BCUT2D eigenvalue weighted by atomic mass is 32.2. The normalized spacial score (nSPS) is 23.9. The first-order valence-corrected chi connectivity index (χ1v) is 8.66. The van der Waals surface area contributed by atoms with E-state index in [1.54, 1.807) is 11.3 Å². The largest absolute Gasteiger partial charge is 0.358 e. The third kappa shape index (κ3) is 2.59. The maximum Gasteiger partial charge on any atom is 0.157 e. The van der Waals surface area contributed by atoms with Crippen molar-refractivity contribution in [3.63, 3.8) is 0 Å². The number of thiophene rings is 1. The summed E-state index contributed by atoms with van der Waals surface area (Å²) >= 11 is 3.69. The van der Waals surface area contributed by atoms with Crippen LogP contribution in [0.15, 0.2) is 21.8 Å². The third-order valence-electron chi connectivity index (χ3n) is 4.12. The molecule has 1 aliphatic heterocycles. The molecule has 0 amide bonds. The van der Waals surface area contributed by atoms with E-state index in [4.69, 9.17) is 4.99 Å². The molecule has 0 radical (unpaired) electrons. The summed E-state index contributed by atoms with van der Waals surface area (Å²) in [7, 11) is 0. The van der Waals surface area contributed by atoms with Crippen LogP contribution in [0.25, 0.3) is 0 Å². The van der Waals surface area contributed by atoms with Crippen molar-refractivity contribution in [3.05, 3.63) is 22.4 Å². The van der Waals surface area contributed by atoms with Crippen molar-refractivity contribution in [2.45, 2.75) is 38.6 Å². The van der Waals surface area contributed by atoms with Gasteiger partial charge in [-0.15, -0.1) is 0 Å². The quantitative estimate of drug-likeness (QED) is 0.883. The Bertz CT molecular complexity index is 419. The minimum Gasteiger partial charge on any atom is -0.358 e. The summed E-state index contributed by atoms with van der Waals surface area (Å²) in [4.78, 5) is 4.79. The van der Waals surface area contributed by atoms with E-state index in [1.807, 2.05) is 11.8 Å². The minimum absolute atomic E-state index is 0.375. The Morgan fingerprint density at radius 1 is 1.39 bits per heavy atom. The van der Waals surface area contributed by atoms with E-state index in [9.17, 15) is 0 Å². The second-order valence-electron chi connectivity index (χ2n) is 5.54. The van der Waals surface area contributed by atoms with E-state index in [0.717, 1.165) is 11.7 Å². The number of aliphatic imine (C=N–C) groups is 1. The lowest BCUT2D eigenvalue weighted by atomic mass is 9.89. The van der Waals surface area contributed by atoms with Gasteiger partial charge in [0, 0.05) is 12.3 Å². The molecule has 1 aliphatic carbocycles. The van der Waals surface area contributed by atoms with Gasteiger partial charge < -0.3 is 5.32 Å². The highest BCUT2D eigenvalue weighted by Crippen LogP contribution is 2.43. The zero-order valence-electron chi connectivity index (χ0n) is 10.8. The molecule has 0 bridgehead atoms. The van der Waals surface area contributed by atoms with Crippen LogP contribution in [0.1, 0.15) is 44.2 Å². The second-order valence-corrected chi connectivity index (χ2v) is 7.28. The van der Waals surface area contributed by atoms with Gasteiger partial charge in [-0.25, -0.2) is 0 Å². The first-order valence-electron chi connectivity index (χ1n) is 6.73. The molecule has 1 unspecified atom stereocenters. The zero-order valence-corrected chi connectivity index (χ0v) is 12.4. The fraction of sp³-hybridized carbons (Fsp3) is 0.643. The lowest BCUT2D eigenvalue weighted by Crippen LogP contribution is -2.34. The Morgan fingerprint density at radius 3 is 2.83 bits per heavy atom. The Kier molecular flexibility index (Phi) is 3.66. The summed E-state index contributed by atoms with van der Waals surface area (Å²) in [5.74, 6) is 1.26. The number of thioether (sulfide) groups is 1. The van der Waals surface area contributed by atoms with E-state index in [0.29, 0.717) is 11.5 Å². The average Bonchev–Trinajstić information content (AvgIpc) is 3.04. The van der Waals surface area contributed by atoms with Gasteiger partial charge in [0.15, 0.2) is 5.17 Å². The maximum atomic E-state index is 4.79. The van der Waals surface area contributed by atoms with Crippen molar-refractivity contribution in [1.29, 1.82) is 0 Å². The topological polar surface area (TPSA) is 24.4 Å². The van der Waals surface area contributed by atoms with Crippen LogP contribution in [0.4, 0.5) is 0 Å². The van der Waals surface area contributed by atoms with Gasteiger partial charge in [-0.3, -0.25) is 4.99 Å². The molecule has 1 fully saturated rings. The molecule has 1 N–H and O–H groups in total. The number of amidine groups is 1. The molecule has 0 saturated heterocycles. The second kappa shape index (κ2) is 5.25. The van der Waals surface area contributed by atoms with Crippen LogP contribution in [0.2, 0.25) is 0 Å². The average molecular weight is 280 g/mol. The molecule has 2 heterocycles. The molecule has 1 aromatic heterocycles. The molecular formula is C14H20N2S2. The van der Waals surface area contributed by atoms with Crippen molar-refractivity contribution >= 4 is 28.3 Å². The Balaban J connectivity index is 1.60. The van der Waals surface area contributed by atoms with Crippen LogP contribution in [0, 0.1) is 5.41 Å². The molecular weight excluding hydrogens is 260 g/mol. The number of hydrogen-bond acceptors (Lipinski definition) is 4.